The third-order valence-electron chi connectivity index (χ3n) is 4.47. The Labute approximate surface area is 151 Å². The molecular weight excluding hydrogens is 337 g/mol. The lowest BCUT2D eigenvalue weighted by Gasteiger charge is -2.34. The van der Waals surface area contributed by atoms with Gasteiger partial charge in [-0.05, 0) is 24.3 Å². The Balaban J connectivity index is 1.61. The first-order valence-electron chi connectivity index (χ1n) is 8.52. The van der Waals surface area contributed by atoms with Gasteiger partial charge in [-0.25, -0.2) is 4.39 Å². The maximum absolute atomic E-state index is 13.9. The molecule has 0 bridgehead atoms. The van der Waals surface area contributed by atoms with Crippen LogP contribution in [0.5, 0.6) is 0 Å². The number of amides is 2. The van der Waals surface area contributed by atoms with Crippen LogP contribution in [0.4, 0.5) is 4.39 Å². The van der Waals surface area contributed by atoms with E-state index >= 15 is 0 Å². The zero-order valence-corrected chi connectivity index (χ0v) is 14.9. The Morgan fingerprint density at radius 1 is 1.08 bits per heavy atom. The van der Waals surface area contributed by atoms with Crippen LogP contribution in [0.25, 0.3) is 11.3 Å². The average molecular weight is 359 g/mol. The fourth-order valence-electron chi connectivity index (χ4n) is 2.86. The van der Waals surface area contributed by atoms with Crippen molar-refractivity contribution in [1.29, 1.82) is 0 Å². The van der Waals surface area contributed by atoms with Crippen molar-refractivity contribution in [1.82, 2.24) is 14.7 Å². The van der Waals surface area contributed by atoms with E-state index < -0.39 is 0 Å². The fraction of sp³-hybridized carbons (Fsp3) is 0.368. The second-order valence-electron chi connectivity index (χ2n) is 6.50. The van der Waals surface area contributed by atoms with E-state index in [0.29, 0.717) is 44.0 Å². The Morgan fingerprint density at radius 3 is 2.42 bits per heavy atom. The van der Waals surface area contributed by atoms with Crippen LogP contribution in [-0.2, 0) is 4.79 Å². The summed E-state index contributed by atoms with van der Waals surface area (Å²) < 4.78 is 19.4. The monoisotopic (exact) mass is 359 g/mol. The molecule has 2 heterocycles. The minimum absolute atomic E-state index is 0.0466. The Bertz CT molecular complexity index is 795. The quantitative estimate of drug-likeness (QED) is 0.837. The summed E-state index contributed by atoms with van der Waals surface area (Å²) in [6.45, 7) is 2.66. The smallest absolute Gasteiger partial charge is 0.289 e. The minimum Gasteiger partial charge on any atom is -0.451 e. The van der Waals surface area contributed by atoms with Crippen LogP contribution in [0.15, 0.2) is 40.8 Å². The normalized spacial score (nSPS) is 15.1. The summed E-state index contributed by atoms with van der Waals surface area (Å²) in [7, 11) is 3.46. The van der Waals surface area contributed by atoms with Crippen molar-refractivity contribution in [3.63, 3.8) is 0 Å². The van der Waals surface area contributed by atoms with Crippen LogP contribution in [0.3, 0.4) is 0 Å². The molecule has 26 heavy (non-hydrogen) atoms. The van der Waals surface area contributed by atoms with E-state index in [-0.39, 0.29) is 23.4 Å². The van der Waals surface area contributed by atoms with Gasteiger partial charge in [0.05, 0.1) is 12.1 Å². The molecule has 2 aromatic rings. The molecule has 138 valence electrons. The van der Waals surface area contributed by atoms with E-state index in [1.165, 1.54) is 6.07 Å². The number of furan rings is 1. The molecule has 2 amide bonds. The molecule has 1 aromatic carbocycles. The summed E-state index contributed by atoms with van der Waals surface area (Å²) in [4.78, 5) is 29.7. The third kappa shape index (κ3) is 3.94. The summed E-state index contributed by atoms with van der Waals surface area (Å²) in [5.74, 6) is -0.0284. The zero-order chi connectivity index (χ0) is 18.7. The second-order valence-corrected chi connectivity index (χ2v) is 6.50. The summed E-state index contributed by atoms with van der Waals surface area (Å²) in [6.07, 6.45) is 0. The van der Waals surface area contributed by atoms with Gasteiger partial charge in [0.2, 0.25) is 5.91 Å². The standard InChI is InChI=1S/C19H22FN3O3/c1-21(2)18(24)13-22-9-11-23(12-10-22)19(25)17-8-7-16(26-17)14-5-3-4-6-15(14)20/h3-8H,9-13H2,1-2H3. The summed E-state index contributed by atoms with van der Waals surface area (Å²) in [5, 5.41) is 0. The molecule has 3 rings (SSSR count). The van der Waals surface area contributed by atoms with Crippen LogP contribution in [0.2, 0.25) is 0 Å². The predicted octanol–water partition coefficient (Wildman–Crippen LogP) is 1.93. The number of likely N-dealkylation sites (N-methyl/N-ethyl adjacent to an activating group) is 1. The highest BCUT2D eigenvalue weighted by atomic mass is 19.1. The molecule has 0 N–H and O–H groups in total. The van der Waals surface area contributed by atoms with Crippen molar-refractivity contribution >= 4 is 11.8 Å². The molecule has 6 nitrogen and oxygen atoms in total. The van der Waals surface area contributed by atoms with Gasteiger partial charge in [0.15, 0.2) is 5.76 Å². The van der Waals surface area contributed by atoms with Gasteiger partial charge in [-0.1, -0.05) is 12.1 Å². The molecule has 0 radical (unpaired) electrons. The van der Waals surface area contributed by atoms with Crippen LogP contribution in [0.1, 0.15) is 10.6 Å². The summed E-state index contributed by atoms with van der Waals surface area (Å²) in [5.41, 5.74) is 0.332. The van der Waals surface area contributed by atoms with E-state index in [9.17, 15) is 14.0 Å². The Morgan fingerprint density at radius 2 is 1.77 bits per heavy atom. The highest BCUT2D eigenvalue weighted by Gasteiger charge is 2.25. The number of nitrogens with zero attached hydrogens (tertiary/aromatic N) is 3. The topological polar surface area (TPSA) is 57.0 Å². The average Bonchev–Trinajstić information content (AvgIpc) is 3.12. The van der Waals surface area contributed by atoms with Crippen LogP contribution < -0.4 is 0 Å². The first-order chi connectivity index (χ1) is 12.5. The predicted molar refractivity (Wildman–Crippen MR) is 95.1 cm³/mol. The van der Waals surface area contributed by atoms with Crippen molar-refractivity contribution in [2.75, 3.05) is 46.8 Å². The highest BCUT2D eigenvalue weighted by Crippen LogP contribution is 2.25. The first-order valence-corrected chi connectivity index (χ1v) is 8.52. The van der Waals surface area contributed by atoms with Crippen molar-refractivity contribution < 1.29 is 18.4 Å². The minimum atomic E-state index is -0.389. The number of halogens is 1. The van der Waals surface area contributed by atoms with Gasteiger partial charge in [-0.15, -0.1) is 0 Å². The van der Waals surface area contributed by atoms with Crippen molar-refractivity contribution in [2.45, 2.75) is 0 Å². The maximum atomic E-state index is 13.9. The van der Waals surface area contributed by atoms with Crippen LogP contribution in [-0.4, -0.2) is 73.3 Å². The molecule has 1 aromatic heterocycles. The molecule has 7 heteroatoms. The van der Waals surface area contributed by atoms with Crippen LogP contribution >= 0.6 is 0 Å². The molecule has 0 saturated carbocycles. The summed E-state index contributed by atoms with van der Waals surface area (Å²) >= 11 is 0. The molecule has 0 unspecified atom stereocenters. The molecule has 0 atom stereocenters. The largest absolute Gasteiger partial charge is 0.451 e. The van der Waals surface area contributed by atoms with Crippen molar-refractivity contribution in [3.8, 4) is 11.3 Å². The zero-order valence-electron chi connectivity index (χ0n) is 14.9. The van der Waals surface area contributed by atoms with Gasteiger partial charge in [0.25, 0.3) is 5.91 Å². The third-order valence-corrected chi connectivity index (χ3v) is 4.47. The molecule has 1 aliphatic rings. The van der Waals surface area contributed by atoms with Crippen molar-refractivity contribution in [3.05, 3.63) is 48.0 Å². The number of hydrogen-bond donors (Lipinski definition) is 0. The van der Waals surface area contributed by atoms with Crippen molar-refractivity contribution in [2.24, 2.45) is 0 Å². The second kappa shape index (κ2) is 7.70. The first kappa shape index (κ1) is 18.1. The maximum Gasteiger partial charge on any atom is 0.289 e. The lowest BCUT2D eigenvalue weighted by molar-refractivity contribution is -0.130. The Hall–Kier alpha value is -2.67. The molecule has 0 aliphatic carbocycles. The van der Waals surface area contributed by atoms with Crippen LogP contribution in [0, 0.1) is 5.82 Å². The highest BCUT2D eigenvalue weighted by molar-refractivity contribution is 5.92. The molecule has 0 spiro atoms. The number of rotatable bonds is 4. The van der Waals surface area contributed by atoms with E-state index in [2.05, 4.69) is 0 Å². The van der Waals surface area contributed by atoms with E-state index in [1.54, 1.807) is 54.2 Å². The van der Waals surface area contributed by atoms with Gasteiger partial charge in [0, 0.05) is 40.3 Å². The Kier molecular flexibility index (Phi) is 5.37. The number of carbonyl (C=O) groups is 2. The molecular formula is C19H22FN3O3. The molecule has 1 saturated heterocycles. The lowest BCUT2D eigenvalue weighted by Crippen LogP contribution is -2.50. The van der Waals surface area contributed by atoms with E-state index in [0.717, 1.165) is 0 Å². The van der Waals surface area contributed by atoms with Gasteiger partial charge in [-0.2, -0.15) is 0 Å². The van der Waals surface area contributed by atoms with Gasteiger partial charge in [-0.3, -0.25) is 14.5 Å². The fourth-order valence-corrected chi connectivity index (χ4v) is 2.86. The number of carbonyl (C=O) groups excluding carboxylic acids is 2. The van der Waals surface area contributed by atoms with E-state index in [4.69, 9.17) is 4.42 Å². The van der Waals surface area contributed by atoms with Gasteiger partial charge < -0.3 is 14.2 Å². The number of benzene rings is 1. The SMILES string of the molecule is CN(C)C(=O)CN1CCN(C(=O)c2ccc(-c3ccccc3F)o2)CC1. The van der Waals surface area contributed by atoms with Gasteiger partial charge in [0.1, 0.15) is 11.6 Å². The lowest BCUT2D eigenvalue weighted by atomic mass is 10.1. The van der Waals surface area contributed by atoms with E-state index in [1.807, 2.05) is 4.90 Å². The number of hydrogen-bond acceptors (Lipinski definition) is 4. The number of piperazine rings is 1. The summed E-state index contributed by atoms with van der Waals surface area (Å²) in [6, 6.07) is 9.48. The van der Waals surface area contributed by atoms with Gasteiger partial charge >= 0.3 is 0 Å². The molecule has 1 fully saturated rings. The molecule has 1 aliphatic heterocycles.